The Morgan fingerprint density at radius 1 is 1.33 bits per heavy atom. The third-order valence-corrected chi connectivity index (χ3v) is 4.01. The second kappa shape index (κ2) is 4.19. The van der Waals surface area contributed by atoms with Crippen LogP contribution < -0.4 is 5.32 Å². The Labute approximate surface area is 118 Å². The molecule has 1 heterocycles. The lowest BCUT2D eigenvalue weighted by atomic mass is 9.91. The average Bonchev–Trinajstić information content (AvgIpc) is 3.27. The molecule has 1 aromatic carbocycles. The van der Waals surface area contributed by atoms with E-state index in [0.29, 0.717) is 18.9 Å². The summed E-state index contributed by atoms with van der Waals surface area (Å²) in [5, 5.41) is 2.25. The number of hydrogen-bond donors (Lipinski definition) is 1. The van der Waals surface area contributed by atoms with Crippen LogP contribution in [0.4, 0.5) is 17.6 Å². The Morgan fingerprint density at radius 3 is 2.43 bits per heavy atom. The maximum absolute atomic E-state index is 14.4. The Morgan fingerprint density at radius 2 is 1.95 bits per heavy atom. The van der Waals surface area contributed by atoms with Crippen LogP contribution in [0, 0.1) is 11.6 Å². The fourth-order valence-electron chi connectivity index (χ4n) is 2.24. The largest absolute Gasteiger partial charge is 0.359 e. The summed E-state index contributed by atoms with van der Waals surface area (Å²) in [6.45, 7) is 1.16. The molecule has 1 N–H and O–H groups in total. The predicted molar refractivity (Wildman–Crippen MR) is 64.7 cm³/mol. The van der Waals surface area contributed by atoms with Gasteiger partial charge < -0.3 is 10.1 Å². The van der Waals surface area contributed by atoms with Crippen LogP contribution in [-0.4, -0.2) is 24.0 Å². The fraction of sp³-hybridized carbons (Fsp3) is 0.500. The van der Waals surface area contributed by atoms with Crippen molar-refractivity contribution < 1.29 is 27.1 Å². The molecule has 7 heteroatoms. The van der Waals surface area contributed by atoms with Gasteiger partial charge in [-0.25, -0.2) is 8.78 Å². The number of alkyl halides is 2. The lowest BCUT2D eigenvalue weighted by Crippen LogP contribution is -2.52. The molecular weight excluding hydrogens is 290 g/mol. The zero-order valence-electron chi connectivity index (χ0n) is 11.2. The summed E-state index contributed by atoms with van der Waals surface area (Å²) in [6.07, 6.45) is 1.24. The van der Waals surface area contributed by atoms with E-state index in [2.05, 4.69) is 5.32 Å². The molecule has 2 aliphatic rings. The van der Waals surface area contributed by atoms with E-state index in [0.717, 1.165) is 12.1 Å². The minimum atomic E-state index is -3.93. The molecule has 1 aromatic rings. The van der Waals surface area contributed by atoms with E-state index >= 15 is 0 Å². The van der Waals surface area contributed by atoms with Gasteiger partial charge in [0.2, 0.25) is 0 Å². The number of carbonyl (C=O) groups excluding carboxylic acids is 1. The van der Waals surface area contributed by atoms with Gasteiger partial charge in [0.25, 0.3) is 5.91 Å². The van der Waals surface area contributed by atoms with Gasteiger partial charge in [0.1, 0.15) is 11.6 Å². The summed E-state index contributed by atoms with van der Waals surface area (Å²) in [6, 6.07) is 2.24. The van der Waals surface area contributed by atoms with Gasteiger partial charge >= 0.3 is 5.92 Å². The smallest absolute Gasteiger partial charge is 0.357 e. The summed E-state index contributed by atoms with van der Waals surface area (Å²) < 4.78 is 60.2. The standard InChI is InChI=1S/C14H13F4NO2/c1-12(4-5-12)19-11(20)14(17,18)13(7-21-13)9-3-2-8(15)6-10(9)16/h2-3,6H,4-5,7H2,1H3,(H,19,20). The molecule has 21 heavy (non-hydrogen) atoms. The molecular formula is C14H13F4NO2. The molecule has 1 saturated heterocycles. The molecule has 1 aliphatic carbocycles. The van der Waals surface area contributed by atoms with E-state index in [-0.39, 0.29) is 0 Å². The molecule has 1 amide bonds. The van der Waals surface area contributed by atoms with E-state index in [1.165, 1.54) is 0 Å². The van der Waals surface area contributed by atoms with Crippen molar-refractivity contribution in [2.45, 2.75) is 36.8 Å². The molecule has 3 nitrogen and oxygen atoms in total. The maximum atomic E-state index is 14.4. The molecule has 114 valence electrons. The highest BCUT2D eigenvalue weighted by molar-refractivity contribution is 5.86. The van der Waals surface area contributed by atoms with Gasteiger partial charge in [-0.15, -0.1) is 0 Å². The van der Waals surface area contributed by atoms with Gasteiger partial charge in [-0.2, -0.15) is 8.78 Å². The topological polar surface area (TPSA) is 41.6 Å². The highest BCUT2D eigenvalue weighted by Gasteiger charge is 2.71. The van der Waals surface area contributed by atoms with Gasteiger partial charge in [0.05, 0.1) is 6.61 Å². The number of rotatable bonds is 4. The van der Waals surface area contributed by atoms with Crippen molar-refractivity contribution in [2.24, 2.45) is 0 Å². The van der Waals surface area contributed by atoms with Crippen molar-refractivity contribution in [3.8, 4) is 0 Å². The van der Waals surface area contributed by atoms with E-state index < -0.39 is 46.8 Å². The van der Waals surface area contributed by atoms with Crippen molar-refractivity contribution in [3.05, 3.63) is 35.4 Å². The molecule has 0 radical (unpaired) electrons. The number of halogens is 4. The Balaban J connectivity index is 1.91. The lowest BCUT2D eigenvalue weighted by Gasteiger charge is -2.25. The van der Waals surface area contributed by atoms with E-state index in [9.17, 15) is 22.4 Å². The lowest BCUT2D eigenvalue weighted by molar-refractivity contribution is -0.158. The van der Waals surface area contributed by atoms with Crippen molar-refractivity contribution in [1.82, 2.24) is 5.32 Å². The van der Waals surface area contributed by atoms with Crippen LogP contribution in [-0.2, 0) is 15.1 Å². The zero-order valence-corrected chi connectivity index (χ0v) is 11.2. The van der Waals surface area contributed by atoms with E-state index in [1.807, 2.05) is 0 Å². The molecule has 3 rings (SSSR count). The number of benzene rings is 1. The molecule has 0 spiro atoms. The normalized spacial score (nSPS) is 26.3. The van der Waals surface area contributed by atoms with Gasteiger partial charge in [0, 0.05) is 17.2 Å². The van der Waals surface area contributed by atoms with Crippen molar-refractivity contribution in [3.63, 3.8) is 0 Å². The predicted octanol–water partition coefficient (Wildman–Crippen LogP) is 2.49. The molecule has 1 saturated carbocycles. The molecule has 1 aliphatic heterocycles. The maximum Gasteiger partial charge on any atom is 0.359 e. The first-order valence-electron chi connectivity index (χ1n) is 6.50. The van der Waals surface area contributed by atoms with Gasteiger partial charge in [-0.1, -0.05) is 0 Å². The summed E-state index contributed by atoms with van der Waals surface area (Å²) in [5.41, 5.74) is -3.48. The molecule has 0 bridgehead atoms. The highest BCUT2D eigenvalue weighted by atomic mass is 19.3. The van der Waals surface area contributed by atoms with Crippen LogP contribution >= 0.6 is 0 Å². The minimum absolute atomic E-state index is 0.493. The van der Waals surface area contributed by atoms with Crippen LogP contribution in [0.2, 0.25) is 0 Å². The number of nitrogens with one attached hydrogen (secondary N) is 1. The molecule has 2 fully saturated rings. The van der Waals surface area contributed by atoms with Crippen LogP contribution in [0.1, 0.15) is 25.3 Å². The summed E-state index contributed by atoms with van der Waals surface area (Å²) in [7, 11) is 0. The van der Waals surface area contributed by atoms with Crippen molar-refractivity contribution in [2.75, 3.05) is 6.61 Å². The third kappa shape index (κ3) is 2.19. The Bertz CT molecular complexity index is 609. The number of epoxide rings is 1. The van der Waals surface area contributed by atoms with Crippen LogP contribution in [0.25, 0.3) is 0 Å². The second-order valence-electron chi connectivity index (χ2n) is 5.83. The highest BCUT2D eigenvalue weighted by Crippen LogP contribution is 2.52. The number of hydrogen-bond acceptors (Lipinski definition) is 2. The number of carbonyl (C=O) groups is 1. The van der Waals surface area contributed by atoms with Crippen LogP contribution in [0.15, 0.2) is 18.2 Å². The first-order chi connectivity index (χ1) is 9.70. The SMILES string of the molecule is CC1(NC(=O)C(F)(F)C2(c3ccc(F)cc3F)CO2)CC1. The Hall–Kier alpha value is -1.63. The molecule has 0 aromatic heterocycles. The first kappa shape index (κ1) is 14.3. The van der Waals surface area contributed by atoms with E-state index in [1.54, 1.807) is 6.92 Å². The third-order valence-electron chi connectivity index (χ3n) is 4.01. The quantitative estimate of drug-likeness (QED) is 0.686. The monoisotopic (exact) mass is 303 g/mol. The van der Waals surface area contributed by atoms with Crippen molar-refractivity contribution >= 4 is 5.91 Å². The van der Waals surface area contributed by atoms with Crippen molar-refractivity contribution in [1.29, 1.82) is 0 Å². The summed E-state index contributed by atoms with van der Waals surface area (Å²) in [5.74, 6) is -7.47. The van der Waals surface area contributed by atoms with Gasteiger partial charge in [-0.05, 0) is 31.9 Å². The first-order valence-corrected chi connectivity index (χ1v) is 6.50. The average molecular weight is 303 g/mol. The number of amides is 1. The zero-order chi connectivity index (χ0) is 15.5. The van der Waals surface area contributed by atoms with Crippen LogP contribution in [0.5, 0.6) is 0 Å². The molecule has 1 atom stereocenters. The van der Waals surface area contributed by atoms with Gasteiger partial charge in [0.15, 0.2) is 5.60 Å². The molecule has 1 unspecified atom stereocenters. The Kier molecular flexibility index (Phi) is 2.86. The number of ether oxygens (including phenoxy) is 1. The fourth-order valence-corrected chi connectivity index (χ4v) is 2.24. The van der Waals surface area contributed by atoms with Gasteiger partial charge in [-0.3, -0.25) is 4.79 Å². The van der Waals surface area contributed by atoms with E-state index in [4.69, 9.17) is 4.74 Å². The van der Waals surface area contributed by atoms with Crippen LogP contribution in [0.3, 0.4) is 0 Å². The summed E-state index contributed by atoms with van der Waals surface area (Å²) >= 11 is 0. The second-order valence-corrected chi connectivity index (χ2v) is 5.83. The summed E-state index contributed by atoms with van der Waals surface area (Å²) in [4.78, 5) is 11.8. The minimum Gasteiger partial charge on any atom is -0.357 e.